The maximum absolute atomic E-state index is 13.3. The van der Waals surface area contributed by atoms with E-state index in [2.05, 4.69) is 15.9 Å². The first-order valence-corrected chi connectivity index (χ1v) is 9.71. The van der Waals surface area contributed by atoms with E-state index in [1.54, 1.807) is 23.1 Å². The third-order valence-electron chi connectivity index (χ3n) is 4.53. The number of anilines is 2. The lowest BCUT2D eigenvalue weighted by molar-refractivity contribution is -0.118. The molecule has 1 aliphatic heterocycles. The summed E-state index contributed by atoms with van der Waals surface area (Å²) in [6.07, 6.45) is 0.647. The summed E-state index contributed by atoms with van der Waals surface area (Å²) < 4.78 is 1.02. The summed E-state index contributed by atoms with van der Waals surface area (Å²) in [5.74, 6) is -0.197. The highest BCUT2D eigenvalue weighted by Gasteiger charge is 2.38. The average Bonchev–Trinajstić information content (AvgIpc) is 2.88. The van der Waals surface area contributed by atoms with E-state index >= 15 is 0 Å². The Morgan fingerprint density at radius 2 is 1.58 bits per heavy atom. The van der Waals surface area contributed by atoms with Gasteiger partial charge in [0.25, 0.3) is 0 Å². The minimum absolute atomic E-state index is 0.0347. The quantitative estimate of drug-likeness (QED) is 0.435. The van der Waals surface area contributed by atoms with Gasteiger partial charge in [-0.15, -0.1) is 0 Å². The molecule has 3 aromatic carbocycles. The van der Waals surface area contributed by atoms with Crippen molar-refractivity contribution in [3.63, 3.8) is 0 Å². The summed E-state index contributed by atoms with van der Waals surface area (Å²) in [6.45, 7) is 0. The Labute approximate surface area is 170 Å². The third-order valence-corrected chi connectivity index (χ3v) is 5.50. The number of rotatable bonds is 3. The maximum Gasteiger partial charge on any atom is 0.239 e. The molecule has 1 amide bonds. The molecule has 1 heterocycles. The van der Waals surface area contributed by atoms with E-state index < -0.39 is 0 Å². The van der Waals surface area contributed by atoms with Crippen molar-refractivity contribution >= 4 is 56.4 Å². The van der Waals surface area contributed by atoms with Crippen LogP contribution < -0.4 is 4.90 Å². The normalized spacial score (nSPS) is 16.0. The number of carbonyl (C=O) groups is 1. The van der Waals surface area contributed by atoms with Crippen LogP contribution in [0.4, 0.5) is 11.4 Å². The second-order valence-corrected chi connectivity index (χ2v) is 8.03. The molecule has 130 valence electrons. The number of nitrogens with zero attached hydrogens (tertiary/aromatic N) is 1. The molecule has 5 heteroatoms. The molecule has 26 heavy (non-hydrogen) atoms. The summed E-state index contributed by atoms with van der Waals surface area (Å²) >= 11 is 15.8. The van der Waals surface area contributed by atoms with Crippen molar-refractivity contribution in [2.75, 3.05) is 4.90 Å². The molecular formula is C21H14BrCl2NO. The summed E-state index contributed by atoms with van der Waals surface area (Å²) in [4.78, 5) is 15.0. The van der Waals surface area contributed by atoms with Crippen LogP contribution in [0.25, 0.3) is 0 Å². The monoisotopic (exact) mass is 445 g/mol. The van der Waals surface area contributed by atoms with Gasteiger partial charge in [0.2, 0.25) is 5.91 Å². The number of halogens is 3. The topological polar surface area (TPSA) is 20.3 Å². The molecule has 0 saturated carbocycles. The number of amides is 1. The molecule has 4 rings (SSSR count). The van der Waals surface area contributed by atoms with E-state index in [9.17, 15) is 4.79 Å². The van der Waals surface area contributed by atoms with E-state index in [4.69, 9.17) is 23.2 Å². The lowest BCUT2D eigenvalue weighted by Crippen LogP contribution is -2.24. The fourth-order valence-electron chi connectivity index (χ4n) is 3.38. The van der Waals surface area contributed by atoms with Crippen LogP contribution in [0.5, 0.6) is 0 Å². The average molecular weight is 447 g/mol. The van der Waals surface area contributed by atoms with Crippen molar-refractivity contribution in [1.29, 1.82) is 0 Å². The van der Waals surface area contributed by atoms with Crippen LogP contribution in [0.1, 0.15) is 17.0 Å². The van der Waals surface area contributed by atoms with Crippen molar-refractivity contribution in [2.45, 2.75) is 12.3 Å². The number of hydrogen-bond donors (Lipinski definition) is 0. The van der Waals surface area contributed by atoms with Crippen LogP contribution >= 0.6 is 39.1 Å². The standard InChI is InChI=1S/C21H14BrCl2NO/c22-14-7-5-13(6-8-14)9-19-18-3-1-2-4-20(18)25(21(19)26)17-11-15(23)10-16(24)12-17/h1-8,10-12,19H,9H2. The zero-order valence-electron chi connectivity index (χ0n) is 13.6. The van der Waals surface area contributed by atoms with E-state index in [1.807, 2.05) is 48.5 Å². The number of para-hydroxylation sites is 1. The van der Waals surface area contributed by atoms with Crippen LogP contribution in [-0.2, 0) is 11.2 Å². The molecule has 1 aliphatic rings. The minimum atomic E-state index is -0.231. The minimum Gasteiger partial charge on any atom is -0.280 e. The van der Waals surface area contributed by atoms with Crippen LogP contribution in [0, 0.1) is 0 Å². The number of hydrogen-bond acceptors (Lipinski definition) is 1. The summed E-state index contributed by atoms with van der Waals surface area (Å²) in [7, 11) is 0. The Kier molecular flexibility index (Phi) is 4.78. The van der Waals surface area contributed by atoms with Crippen molar-refractivity contribution in [2.24, 2.45) is 0 Å². The predicted molar refractivity (Wildman–Crippen MR) is 111 cm³/mol. The SMILES string of the molecule is O=C1C(Cc2ccc(Br)cc2)c2ccccc2N1c1cc(Cl)cc(Cl)c1. The molecule has 0 bridgehead atoms. The smallest absolute Gasteiger partial charge is 0.239 e. The Morgan fingerprint density at radius 1 is 0.923 bits per heavy atom. The second-order valence-electron chi connectivity index (χ2n) is 6.24. The van der Waals surface area contributed by atoms with Gasteiger partial charge in [0.1, 0.15) is 0 Å². The highest BCUT2D eigenvalue weighted by molar-refractivity contribution is 9.10. The zero-order valence-corrected chi connectivity index (χ0v) is 16.7. The number of benzene rings is 3. The lowest BCUT2D eigenvalue weighted by Gasteiger charge is -2.19. The summed E-state index contributed by atoms with van der Waals surface area (Å²) in [5.41, 5.74) is 3.72. The Bertz CT molecular complexity index is 967. The molecule has 0 N–H and O–H groups in total. The van der Waals surface area contributed by atoms with Crippen molar-refractivity contribution < 1.29 is 4.79 Å². The molecule has 0 radical (unpaired) electrons. The molecule has 0 fully saturated rings. The van der Waals surface area contributed by atoms with E-state index in [-0.39, 0.29) is 11.8 Å². The molecule has 3 aromatic rings. The van der Waals surface area contributed by atoms with E-state index in [1.165, 1.54) is 0 Å². The first kappa shape index (κ1) is 17.6. The van der Waals surface area contributed by atoms with Gasteiger partial charge in [-0.2, -0.15) is 0 Å². The zero-order chi connectivity index (χ0) is 18.3. The van der Waals surface area contributed by atoms with Crippen LogP contribution in [0.3, 0.4) is 0 Å². The highest BCUT2D eigenvalue weighted by atomic mass is 79.9. The molecule has 1 unspecified atom stereocenters. The maximum atomic E-state index is 13.3. The van der Waals surface area contributed by atoms with Gasteiger partial charge in [-0.25, -0.2) is 0 Å². The molecule has 0 spiro atoms. The van der Waals surface area contributed by atoms with Gasteiger partial charge in [-0.05, 0) is 53.9 Å². The Hall–Kier alpha value is -1.81. The summed E-state index contributed by atoms with van der Waals surface area (Å²) in [6, 6.07) is 21.2. The predicted octanol–water partition coefficient (Wildman–Crippen LogP) is 6.76. The van der Waals surface area contributed by atoms with Gasteiger partial charge in [0, 0.05) is 14.5 Å². The van der Waals surface area contributed by atoms with Crippen molar-refractivity contribution in [3.8, 4) is 0 Å². The fraction of sp³-hybridized carbons (Fsp3) is 0.0952. The third kappa shape index (κ3) is 3.27. The first-order valence-electron chi connectivity index (χ1n) is 8.16. The Balaban J connectivity index is 1.76. The molecule has 0 saturated heterocycles. The first-order chi connectivity index (χ1) is 12.5. The largest absolute Gasteiger partial charge is 0.280 e. The summed E-state index contributed by atoms with van der Waals surface area (Å²) in [5, 5.41) is 1.02. The molecular weight excluding hydrogens is 433 g/mol. The van der Waals surface area contributed by atoms with Crippen LogP contribution in [0.2, 0.25) is 10.0 Å². The highest BCUT2D eigenvalue weighted by Crippen LogP contribution is 2.44. The second kappa shape index (κ2) is 7.07. The number of fused-ring (bicyclic) bond motifs is 1. The molecule has 1 atom stereocenters. The molecule has 0 aliphatic carbocycles. The van der Waals surface area contributed by atoms with Crippen LogP contribution in [-0.4, -0.2) is 5.91 Å². The van der Waals surface area contributed by atoms with Gasteiger partial charge in [-0.1, -0.05) is 69.5 Å². The molecule has 0 aromatic heterocycles. The lowest BCUT2D eigenvalue weighted by atomic mass is 9.93. The van der Waals surface area contributed by atoms with Gasteiger partial charge < -0.3 is 0 Å². The molecule has 2 nitrogen and oxygen atoms in total. The van der Waals surface area contributed by atoms with E-state index in [0.29, 0.717) is 22.2 Å². The Morgan fingerprint density at radius 3 is 2.27 bits per heavy atom. The van der Waals surface area contributed by atoms with Gasteiger partial charge in [0.05, 0.1) is 17.3 Å². The van der Waals surface area contributed by atoms with Crippen molar-refractivity contribution in [1.82, 2.24) is 0 Å². The number of carbonyl (C=O) groups excluding carboxylic acids is 1. The van der Waals surface area contributed by atoms with Gasteiger partial charge in [-0.3, -0.25) is 9.69 Å². The van der Waals surface area contributed by atoms with Crippen molar-refractivity contribution in [3.05, 3.63) is 92.4 Å². The van der Waals surface area contributed by atoms with E-state index in [0.717, 1.165) is 21.3 Å². The van der Waals surface area contributed by atoms with Gasteiger partial charge >= 0.3 is 0 Å². The fourth-order valence-corrected chi connectivity index (χ4v) is 4.16. The van der Waals surface area contributed by atoms with Gasteiger partial charge in [0.15, 0.2) is 0 Å². The van der Waals surface area contributed by atoms with Crippen LogP contribution in [0.15, 0.2) is 71.2 Å².